The second-order valence-corrected chi connectivity index (χ2v) is 21.8. The smallest absolute Gasteiger partial charge is 0.326 e. The number of aliphatic hydroxyl groups excluding tert-OH is 1. The van der Waals surface area contributed by atoms with Crippen LogP contribution in [0, 0.1) is 11.7 Å². The molecule has 0 spiro atoms. The van der Waals surface area contributed by atoms with Crippen molar-refractivity contribution < 1.29 is 69.9 Å². The zero-order valence-electron chi connectivity index (χ0n) is 39.3. The van der Waals surface area contributed by atoms with Gasteiger partial charge in [0.1, 0.15) is 41.3 Å². The van der Waals surface area contributed by atoms with Crippen LogP contribution < -0.4 is 24.8 Å². The Bertz CT molecular complexity index is 2710. The molecule has 1 saturated heterocycles. The Morgan fingerprint density at radius 1 is 0.739 bits per heavy atom. The molecular formula is C48H59FN4O14S2. The van der Waals surface area contributed by atoms with Crippen LogP contribution in [0.2, 0.25) is 0 Å². The number of β-amino-alcohol motifs (C(OH)–C–C–N with tert-alkyl or cyclic N) is 1. The van der Waals surface area contributed by atoms with E-state index in [0.717, 1.165) is 31.9 Å². The zero-order valence-corrected chi connectivity index (χ0v) is 40.9. The molecule has 4 aromatic rings. The van der Waals surface area contributed by atoms with Crippen LogP contribution in [0.25, 0.3) is 0 Å². The van der Waals surface area contributed by atoms with E-state index in [9.17, 15) is 55.7 Å². The van der Waals surface area contributed by atoms with Crippen LogP contribution in [0.15, 0.2) is 101 Å². The lowest BCUT2D eigenvalue weighted by Crippen LogP contribution is -2.55. The number of hydrogen-bond donors (Lipinski definition) is 5. The summed E-state index contributed by atoms with van der Waals surface area (Å²) in [7, 11) is -5.60. The summed E-state index contributed by atoms with van der Waals surface area (Å²) >= 11 is 0. The summed E-state index contributed by atoms with van der Waals surface area (Å²) in [5, 5.41) is 34.2. The summed E-state index contributed by atoms with van der Waals surface area (Å²) in [6, 6.07) is 17.7. The Balaban J connectivity index is 0.000000258. The maximum absolute atomic E-state index is 13.7. The molecule has 4 aromatic carbocycles. The van der Waals surface area contributed by atoms with E-state index in [1.165, 1.54) is 44.6 Å². The first kappa shape index (κ1) is 53.8. The van der Waals surface area contributed by atoms with E-state index in [4.69, 9.17) is 14.2 Å². The minimum atomic E-state index is -4.31. The lowest BCUT2D eigenvalue weighted by atomic mass is 9.95. The third-order valence-corrected chi connectivity index (χ3v) is 14.9. The zero-order chi connectivity index (χ0) is 51.0. The van der Waals surface area contributed by atoms with Gasteiger partial charge in [-0.3, -0.25) is 9.59 Å². The molecule has 5 atom stereocenters. The van der Waals surface area contributed by atoms with E-state index in [-0.39, 0.29) is 60.2 Å². The summed E-state index contributed by atoms with van der Waals surface area (Å²) in [6.07, 6.45) is -1.04. The molecule has 2 aliphatic rings. The fourth-order valence-corrected chi connectivity index (χ4v) is 11.1. The predicted octanol–water partition coefficient (Wildman–Crippen LogP) is 4.37. The third-order valence-electron chi connectivity index (χ3n) is 11.1. The SMILES string of the molecule is CC(C)(C)Oc1ccc(CC(NC(=O)C2CC(O)CN2S(=O)(=O)c2cccc(F)c2)C(=O)O)cc1.COc1ccc(S(=O)(=O)N2Cc3ccccc3CC2C(=O)NC(CC(C)C)C(=O)O)cc1OC. The lowest BCUT2D eigenvalue weighted by Gasteiger charge is -2.35. The van der Waals surface area contributed by atoms with Gasteiger partial charge < -0.3 is 40.2 Å². The third kappa shape index (κ3) is 13.8. The van der Waals surface area contributed by atoms with E-state index < -0.39 is 85.5 Å². The molecule has 21 heteroatoms. The molecule has 5 N–H and O–H groups in total. The number of rotatable bonds is 17. The molecule has 1 fully saturated rings. The number of aliphatic carboxylic acids is 2. The lowest BCUT2D eigenvalue weighted by molar-refractivity contribution is -0.143. The van der Waals surface area contributed by atoms with Crippen LogP contribution >= 0.6 is 0 Å². The molecule has 2 aliphatic heterocycles. The number of methoxy groups -OCH3 is 2. The fourth-order valence-electron chi connectivity index (χ4n) is 7.85. The highest BCUT2D eigenvalue weighted by atomic mass is 32.2. The number of carbonyl (C=O) groups is 4. The van der Waals surface area contributed by atoms with Gasteiger partial charge in [0.05, 0.1) is 30.1 Å². The first-order chi connectivity index (χ1) is 32.3. The number of carboxylic acid groups (broad SMARTS) is 2. The molecule has 69 heavy (non-hydrogen) atoms. The molecule has 0 aromatic heterocycles. The van der Waals surface area contributed by atoms with E-state index >= 15 is 0 Å². The molecule has 374 valence electrons. The molecule has 2 amide bonds. The highest BCUT2D eigenvalue weighted by molar-refractivity contribution is 7.89. The second-order valence-electron chi connectivity index (χ2n) is 18.0. The number of nitrogens with one attached hydrogen (secondary N) is 2. The molecular weight excluding hydrogens is 940 g/mol. The van der Waals surface area contributed by atoms with Crippen LogP contribution in [-0.2, 0) is 58.6 Å². The highest BCUT2D eigenvalue weighted by Gasteiger charge is 2.45. The number of sulfonamides is 2. The number of carboxylic acids is 2. The van der Waals surface area contributed by atoms with Crippen molar-refractivity contribution in [3.05, 3.63) is 114 Å². The van der Waals surface area contributed by atoms with Crippen molar-refractivity contribution in [2.45, 2.75) is 113 Å². The van der Waals surface area contributed by atoms with E-state index in [1.54, 1.807) is 24.3 Å². The largest absolute Gasteiger partial charge is 0.493 e. The van der Waals surface area contributed by atoms with Crippen molar-refractivity contribution >= 4 is 43.8 Å². The van der Waals surface area contributed by atoms with Gasteiger partial charge in [-0.2, -0.15) is 8.61 Å². The fraction of sp³-hybridized carbons (Fsp3) is 0.417. The van der Waals surface area contributed by atoms with Crippen molar-refractivity contribution in [2.75, 3.05) is 20.8 Å². The van der Waals surface area contributed by atoms with Crippen LogP contribution in [0.5, 0.6) is 17.2 Å². The maximum Gasteiger partial charge on any atom is 0.326 e. The van der Waals surface area contributed by atoms with Crippen molar-refractivity contribution in [1.82, 2.24) is 19.2 Å². The van der Waals surface area contributed by atoms with Crippen molar-refractivity contribution in [2.24, 2.45) is 5.92 Å². The normalized spacial score (nSPS) is 18.4. The summed E-state index contributed by atoms with van der Waals surface area (Å²) in [6.45, 7) is 9.01. The number of aliphatic hydroxyl groups is 1. The van der Waals surface area contributed by atoms with Crippen molar-refractivity contribution in [1.29, 1.82) is 0 Å². The number of halogens is 1. The number of ether oxygens (including phenoxy) is 3. The molecule has 0 aliphatic carbocycles. The van der Waals surface area contributed by atoms with Crippen molar-refractivity contribution in [3.8, 4) is 17.2 Å². The number of fused-ring (bicyclic) bond motifs is 1. The van der Waals surface area contributed by atoms with Crippen molar-refractivity contribution in [3.63, 3.8) is 0 Å². The number of amides is 2. The van der Waals surface area contributed by atoms with Gasteiger partial charge in [-0.25, -0.2) is 30.8 Å². The van der Waals surface area contributed by atoms with Gasteiger partial charge in [0.25, 0.3) is 0 Å². The van der Waals surface area contributed by atoms with Gasteiger partial charge in [-0.05, 0) is 98.7 Å². The Labute approximate surface area is 401 Å². The molecule has 0 bridgehead atoms. The molecule has 0 saturated carbocycles. The first-order valence-corrected chi connectivity index (χ1v) is 24.8. The Morgan fingerprint density at radius 3 is 1.90 bits per heavy atom. The average molecular weight is 999 g/mol. The van der Waals surface area contributed by atoms with E-state index in [1.807, 2.05) is 58.9 Å². The topological polar surface area (TPSA) is 255 Å². The minimum absolute atomic E-state index is 0.0210. The van der Waals surface area contributed by atoms with Crippen LogP contribution in [-0.4, -0.2) is 121 Å². The second kappa shape index (κ2) is 22.5. The van der Waals surface area contributed by atoms with Crippen LogP contribution in [0.4, 0.5) is 4.39 Å². The Kier molecular flexibility index (Phi) is 17.6. The van der Waals surface area contributed by atoms with Gasteiger partial charge in [0.15, 0.2) is 11.5 Å². The summed E-state index contributed by atoms with van der Waals surface area (Å²) < 4.78 is 85.2. The Morgan fingerprint density at radius 2 is 1.32 bits per heavy atom. The number of nitrogens with zero attached hydrogens (tertiary/aromatic N) is 2. The maximum atomic E-state index is 13.7. The molecule has 5 unspecified atom stereocenters. The van der Waals surface area contributed by atoms with Gasteiger partial charge in [-0.1, -0.05) is 56.3 Å². The van der Waals surface area contributed by atoms with Gasteiger partial charge >= 0.3 is 11.9 Å². The molecule has 6 rings (SSSR count). The molecule has 18 nitrogen and oxygen atoms in total. The van der Waals surface area contributed by atoms with Crippen LogP contribution in [0.1, 0.15) is 64.2 Å². The average Bonchev–Trinajstić information content (AvgIpc) is 3.70. The minimum Gasteiger partial charge on any atom is -0.493 e. The van der Waals surface area contributed by atoms with Gasteiger partial charge in [0.2, 0.25) is 31.9 Å². The number of benzene rings is 4. The van der Waals surface area contributed by atoms with E-state index in [2.05, 4.69) is 10.6 Å². The first-order valence-electron chi connectivity index (χ1n) is 21.9. The molecule has 2 heterocycles. The van der Waals surface area contributed by atoms with Gasteiger partial charge in [-0.15, -0.1) is 0 Å². The summed E-state index contributed by atoms with van der Waals surface area (Å²) in [5.74, 6) is -3.48. The standard InChI is InChI=1S/C24H29FN2O7S.C24H30N2O7S/c1-24(2,3)34-18-9-7-15(8-10-18)11-20(23(30)31)26-22(29)21-13-17(28)14-27(21)35(32,33)19-6-4-5-16(25)12-19;1-15(2)11-19(24(28)29)25-23(27)20-12-16-7-5-6-8-17(16)14-26(20)34(30,31)18-9-10-21(32-3)22(13-18)33-4/h4-10,12,17,20-21,28H,11,13-14H2,1-3H3,(H,26,29)(H,30,31);5-10,13,15,19-20H,11-12,14H2,1-4H3,(H,25,27)(H,28,29). The van der Waals surface area contributed by atoms with E-state index in [0.29, 0.717) is 17.1 Å². The number of hydrogen-bond acceptors (Lipinski definition) is 12. The summed E-state index contributed by atoms with van der Waals surface area (Å²) in [4.78, 5) is 49.4. The quantitative estimate of drug-likeness (QED) is 0.0985. The molecule has 0 radical (unpaired) electrons. The summed E-state index contributed by atoms with van der Waals surface area (Å²) in [5.41, 5.74) is 1.85. The number of carbonyl (C=O) groups excluding carboxylic acids is 2. The van der Waals surface area contributed by atoms with Crippen LogP contribution in [0.3, 0.4) is 0 Å². The monoisotopic (exact) mass is 998 g/mol. The Hall–Kier alpha value is -6.13. The van der Waals surface area contributed by atoms with Gasteiger partial charge in [0, 0.05) is 32.0 Å². The predicted molar refractivity (Wildman–Crippen MR) is 250 cm³/mol. The highest BCUT2D eigenvalue weighted by Crippen LogP contribution is 2.34.